The minimum atomic E-state index is -0.422. The van der Waals surface area contributed by atoms with Crippen LogP contribution in [0, 0.1) is 11.3 Å². The molecule has 0 aliphatic carbocycles. The first-order chi connectivity index (χ1) is 14.2. The van der Waals surface area contributed by atoms with Gasteiger partial charge in [-0.1, -0.05) is 6.07 Å². The topological polar surface area (TPSA) is 97.2 Å². The Labute approximate surface area is 168 Å². The number of carbonyl (C=O) groups excluding carboxylic acids is 1. The molecule has 0 amide bonds. The van der Waals surface area contributed by atoms with Crippen molar-refractivity contribution in [1.29, 1.82) is 5.26 Å². The number of rotatable bonds is 5. The number of nitrogens with one attached hydrogen (secondary N) is 1. The smallest absolute Gasteiger partial charge is 0.354 e. The van der Waals surface area contributed by atoms with Gasteiger partial charge in [-0.2, -0.15) is 5.26 Å². The van der Waals surface area contributed by atoms with Crippen LogP contribution < -0.4 is 4.74 Å². The monoisotopic (exact) mass is 391 g/mol. The minimum absolute atomic E-state index is 0.0612. The molecule has 0 spiro atoms. The van der Waals surface area contributed by atoms with Gasteiger partial charge in [-0.3, -0.25) is 0 Å². The Balaban J connectivity index is 1.68. The van der Waals surface area contributed by atoms with Gasteiger partial charge in [0.1, 0.15) is 29.3 Å². The summed E-state index contributed by atoms with van der Waals surface area (Å²) in [6.45, 7) is 3.41. The third-order valence-electron chi connectivity index (χ3n) is 4.90. The van der Waals surface area contributed by atoms with Crippen molar-refractivity contribution in [2.75, 3.05) is 19.8 Å². The number of carbonyl (C=O) groups is 1. The quantitative estimate of drug-likeness (QED) is 0.664. The Kier molecular flexibility index (Phi) is 5.45. The Morgan fingerprint density at radius 1 is 1.31 bits per heavy atom. The van der Waals surface area contributed by atoms with Gasteiger partial charge < -0.3 is 19.2 Å². The summed E-state index contributed by atoms with van der Waals surface area (Å²) in [5.74, 6) is 0.157. The lowest BCUT2D eigenvalue weighted by molar-refractivity contribution is 0.0254. The average Bonchev–Trinajstić information content (AvgIpc) is 3.20. The fourth-order valence-corrected chi connectivity index (χ4v) is 3.46. The molecule has 1 fully saturated rings. The van der Waals surface area contributed by atoms with E-state index in [0.29, 0.717) is 42.5 Å². The number of benzene rings is 1. The van der Waals surface area contributed by atoms with Crippen LogP contribution >= 0.6 is 0 Å². The Morgan fingerprint density at radius 3 is 2.90 bits per heavy atom. The number of hydrogen-bond acceptors (Lipinski definition) is 6. The van der Waals surface area contributed by atoms with Crippen molar-refractivity contribution in [3.8, 4) is 22.9 Å². The maximum absolute atomic E-state index is 12.0. The Bertz CT molecular complexity index is 1080. The summed E-state index contributed by atoms with van der Waals surface area (Å²) in [7, 11) is 0. The van der Waals surface area contributed by atoms with Crippen molar-refractivity contribution in [2.24, 2.45) is 0 Å². The van der Waals surface area contributed by atoms with Gasteiger partial charge in [0, 0.05) is 24.4 Å². The number of aromatic amines is 1. The van der Waals surface area contributed by atoms with Crippen LogP contribution in [0.2, 0.25) is 0 Å². The van der Waals surface area contributed by atoms with Crippen molar-refractivity contribution in [3.63, 3.8) is 0 Å². The van der Waals surface area contributed by atoms with E-state index >= 15 is 0 Å². The van der Waals surface area contributed by atoms with Crippen molar-refractivity contribution in [2.45, 2.75) is 25.9 Å². The zero-order chi connectivity index (χ0) is 20.2. The lowest BCUT2D eigenvalue weighted by Crippen LogP contribution is -2.26. The molecule has 1 aliphatic rings. The maximum Gasteiger partial charge on any atom is 0.354 e. The summed E-state index contributed by atoms with van der Waals surface area (Å²) in [6.07, 6.45) is 3.36. The molecule has 148 valence electrons. The van der Waals surface area contributed by atoms with Crippen molar-refractivity contribution in [3.05, 3.63) is 47.8 Å². The van der Waals surface area contributed by atoms with Gasteiger partial charge in [-0.05, 0) is 42.3 Å². The van der Waals surface area contributed by atoms with Crippen LogP contribution in [-0.4, -0.2) is 41.9 Å². The molecule has 1 aromatic carbocycles. The molecule has 1 saturated heterocycles. The second-order valence-electron chi connectivity index (χ2n) is 6.78. The van der Waals surface area contributed by atoms with E-state index in [1.54, 1.807) is 25.3 Å². The number of nitriles is 1. The van der Waals surface area contributed by atoms with Gasteiger partial charge in [0.25, 0.3) is 0 Å². The maximum atomic E-state index is 12.0. The molecule has 7 heteroatoms. The van der Waals surface area contributed by atoms with E-state index in [-0.39, 0.29) is 6.10 Å². The predicted molar refractivity (Wildman–Crippen MR) is 107 cm³/mol. The lowest BCUT2D eigenvalue weighted by atomic mass is 10.0. The molecular weight excluding hydrogens is 370 g/mol. The van der Waals surface area contributed by atoms with E-state index in [1.807, 2.05) is 18.2 Å². The number of hydrogen-bond donors (Lipinski definition) is 1. The fourth-order valence-electron chi connectivity index (χ4n) is 3.46. The van der Waals surface area contributed by atoms with Crippen LogP contribution in [0.5, 0.6) is 5.75 Å². The van der Waals surface area contributed by atoms with E-state index in [9.17, 15) is 10.1 Å². The molecule has 29 heavy (non-hydrogen) atoms. The van der Waals surface area contributed by atoms with E-state index in [4.69, 9.17) is 14.2 Å². The minimum Gasteiger partial charge on any atom is -0.489 e. The van der Waals surface area contributed by atoms with E-state index in [2.05, 4.69) is 16.0 Å². The predicted octanol–water partition coefficient (Wildman–Crippen LogP) is 3.84. The first-order valence-corrected chi connectivity index (χ1v) is 9.63. The number of esters is 1. The van der Waals surface area contributed by atoms with Crippen LogP contribution in [0.15, 0.2) is 36.5 Å². The first kappa shape index (κ1) is 19.0. The molecule has 4 rings (SSSR count). The Hall–Kier alpha value is -3.37. The van der Waals surface area contributed by atoms with Crippen molar-refractivity contribution >= 4 is 17.0 Å². The number of fused-ring (bicyclic) bond motifs is 1. The highest BCUT2D eigenvalue weighted by Crippen LogP contribution is 2.32. The van der Waals surface area contributed by atoms with E-state index in [1.165, 1.54) is 0 Å². The largest absolute Gasteiger partial charge is 0.489 e. The van der Waals surface area contributed by atoms with Gasteiger partial charge in [0.2, 0.25) is 0 Å². The first-order valence-electron chi connectivity index (χ1n) is 9.63. The molecule has 0 radical (unpaired) electrons. The zero-order valence-electron chi connectivity index (χ0n) is 16.1. The summed E-state index contributed by atoms with van der Waals surface area (Å²) >= 11 is 0. The van der Waals surface area contributed by atoms with Gasteiger partial charge in [0.05, 0.1) is 25.4 Å². The van der Waals surface area contributed by atoms with Crippen LogP contribution in [0.4, 0.5) is 0 Å². The average molecular weight is 391 g/mol. The van der Waals surface area contributed by atoms with Gasteiger partial charge in [0.15, 0.2) is 0 Å². The molecule has 3 heterocycles. The molecule has 0 atom stereocenters. The molecule has 1 N–H and O–H groups in total. The molecular formula is C22H21N3O4. The van der Waals surface area contributed by atoms with Crippen LogP contribution in [0.1, 0.15) is 35.8 Å². The molecule has 0 bridgehead atoms. The second-order valence-corrected chi connectivity index (χ2v) is 6.78. The molecule has 0 unspecified atom stereocenters. The number of nitrogens with zero attached hydrogens (tertiary/aromatic N) is 2. The van der Waals surface area contributed by atoms with E-state index < -0.39 is 5.97 Å². The molecule has 2 aromatic heterocycles. The van der Waals surface area contributed by atoms with E-state index in [0.717, 1.165) is 29.4 Å². The third kappa shape index (κ3) is 3.93. The summed E-state index contributed by atoms with van der Waals surface area (Å²) in [5.41, 5.74) is 3.13. The van der Waals surface area contributed by atoms with Gasteiger partial charge >= 0.3 is 5.97 Å². The number of ether oxygens (including phenoxy) is 3. The van der Waals surface area contributed by atoms with Crippen LogP contribution in [-0.2, 0) is 9.47 Å². The zero-order valence-corrected chi connectivity index (χ0v) is 16.1. The highest BCUT2D eigenvalue weighted by Gasteiger charge is 2.18. The standard InChI is InChI=1S/C22H21N3O4/c1-2-28-22(26)19-12-18-17(5-8-24-21(18)25-19)14-3-4-20(15(11-14)13-23)29-16-6-9-27-10-7-16/h3-5,8,11-12,16H,2,6-7,9-10H2,1H3,(H,24,25). The SMILES string of the molecule is CCOC(=O)c1cc2c(-c3ccc(OC4CCOCC4)c(C#N)c3)ccnc2[nH]1. The summed E-state index contributed by atoms with van der Waals surface area (Å²) in [4.78, 5) is 19.3. The van der Waals surface area contributed by atoms with Crippen LogP contribution in [0.3, 0.4) is 0 Å². The Morgan fingerprint density at radius 2 is 2.14 bits per heavy atom. The number of aromatic nitrogens is 2. The number of H-pyrrole nitrogens is 1. The summed E-state index contributed by atoms with van der Waals surface area (Å²) < 4.78 is 16.5. The highest BCUT2D eigenvalue weighted by atomic mass is 16.5. The van der Waals surface area contributed by atoms with Gasteiger partial charge in [-0.25, -0.2) is 9.78 Å². The third-order valence-corrected chi connectivity index (χ3v) is 4.90. The molecule has 7 nitrogen and oxygen atoms in total. The van der Waals surface area contributed by atoms with Crippen LogP contribution in [0.25, 0.3) is 22.2 Å². The second kappa shape index (κ2) is 8.33. The molecule has 1 aliphatic heterocycles. The fraction of sp³-hybridized carbons (Fsp3) is 0.318. The lowest BCUT2D eigenvalue weighted by Gasteiger charge is -2.23. The normalized spacial score (nSPS) is 14.5. The summed E-state index contributed by atoms with van der Waals surface area (Å²) in [6, 6.07) is 11.4. The molecule has 0 saturated carbocycles. The number of pyridine rings is 1. The highest BCUT2D eigenvalue weighted by molar-refractivity contribution is 5.99. The van der Waals surface area contributed by atoms with Crippen molar-refractivity contribution in [1.82, 2.24) is 9.97 Å². The molecule has 3 aromatic rings. The van der Waals surface area contributed by atoms with Crippen molar-refractivity contribution < 1.29 is 19.0 Å². The summed E-state index contributed by atoms with van der Waals surface area (Å²) in [5, 5.41) is 10.4. The van der Waals surface area contributed by atoms with Gasteiger partial charge in [-0.15, -0.1) is 0 Å².